The van der Waals surface area contributed by atoms with Crippen LogP contribution in [0.1, 0.15) is 26.5 Å². The molecule has 2 amide bonds. The van der Waals surface area contributed by atoms with Crippen molar-refractivity contribution in [3.63, 3.8) is 0 Å². The highest BCUT2D eigenvalue weighted by atomic mass is 32.1. The lowest BCUT2D eigenvalue weighted by atomic mass is 10.1. The summed E-state index contributed by atoms with van der Waals surface area (Å²) in [6.45, 7) is 5.16. The molecule has 170 valence electrons. The number of amides is 2. The van der Waals surface area contributed by atoms with E-state index in [9.17, 15) is 9.59 Å². The van der Waals surface area contributed by atoms with Crippen molar-refractivity contribution < 1.29 is 18.7 Å². The zero-order valence-electron chi connectivity index (χ0n) is 18.5. The number of aryl methyl sites for hydroxylation is 1. The maximum Gasteiger partial charge on any atom is 0.286 e. The van der Waals surface area contributed by atoms with Gasteiger partial charge < -0.3 is 25.5 Å². The zero-order chi connectivity index (χ0) is 24.1. The first kappa shape index (κ1) is 26.3. The molecule has 0 atom stereocenters. The van der Waals surface area contributed by atoms with E-state index in [1.54, 1.807) is 49.0 Å². The molecule has 0 fully saturated rings. The lowest BCUT2D eigenvalue weighted by Gasteiger charge is -2.05. The summed E-state index contributed by atoms with van der Waals surface area (Å²) in [5.41, 5.74) is 7.55. The Kier molecular flexibility index (Phi) is 11.1. The molecule has 2 aromatic carbocycles. The average molecular weight is 457 g/mol. The van der Waals surface area contributed by atoms with Gasteiger partial charge in [-0.05, 0) is 44.2 Å². The summed E-state index contributed by atoms with van der Waals surface area (Å²) in [6.07, 6.45) is 4.98. The average Bonchev–Trinajstić information content (AvgIpc) is 3.17. The molecule has 1 heterocycles. The number of carbonyl (C=O) groups excluding carboxylic acids is 2. The molecule has 4 N–H and O–H groups in total. The Balaban J connectivity index is 0.000000556. The second-order valence-corrected chi connectivity index (χ2v) is 6.14. The molecule has 0 spiro atoms. The fraction of sp³-hybridized carbons (Fsp3) is 0.174. The van der Waals surface area contributed by atoms with Crippen LogP contribution in [0.5, 0.6) is 5.75 Å². The van der Waals surface area contributed by atoms with Crippen LogP contribution in [0.2, 0.25) is 0 Å². The quantitative estimate of drug-likeness (QED) is 0.330. The number of methoxy groups -OCH3 is 1. The first-order valence-electron chi connectivity index (χ1n) is 9.42. The largest absolute Gasteiger partial charge is 0.497 e. The molecule has 0 bridgehead atoms. The van der Waals surface area contributed by atoms with Gasteiger partial charge in [-0.3, -0.25) is 14.6 Å². The van der Waals surface area contributed by atoms with Crippen LogP contribution in [0.4, 0.5) is 5.69 Å². The van der Waals surface area contributed by atoms with Crippen LogP contribution in [0, 0.1) is 6.92 Å². The van der Waals surface area contributed by atoms with Gasteiger partial charge in [-0.25, -0.2) is 0 Å². The van der Waals surface area contributed by atoms with E-state index in [1.165, 1.54) is 7.11 Å². The molecule has 0 saturated carbocycles. The topological polar surface area (TPSA) is 119 Å². The molecule has 3 aromatic rings. The third kappa shape index (κ3) is 7.21. The number of nitrogens with zero attached hydrogens (tertiary/aromatic N) is 1. The van der Waals surface area contributed by atoms with Crippen molar-refractivity contribution in [2.45, 2.75) is 6.92 Å². The number of nitrogens with one attached hydrogen (secondary N) is 2. The molecule has 8 nitrogen and oxygen atoms in total. The van der Waals surface area contributed by atoms with Crippen LogP contribution in [0.3, 0.4) is 0 Å². The van der Waals surface area contributed by atoms with Crippen LogP contribution in [0.15, 0.2) is 64.3 Å². The van der Waals surface area contributed by atoms with E-state index < -0.39 is 5.91 Å². The monoisotopic (exact) mass is 456 g/mol. The van der Waals surface area contributed by atoms with Gasteiger partial charge in [0.05, 0.1) is 7.11 Å². The van der Waals surface area contributed by atoms with Gasteiger partial charge in [0.25, 0.3) is 11.8 Å². The van der Waals surface area contributed by atoms with E-state index in [0.29, 0.717) is 22.3 Å². The Hall–Kier alpha value is -3.72. The predicted molar refractivity (Wildman–Crippen MR) is 133 cm³/mol. The minimum atomic E-state index is -0.760. The third-order valence-electron chi connectivity index (χ3n) is 4.02. The van der Waals surface area contributed by atoms with Gasteiger partial charge in [-0.2, -0.15) is 12.6 Å². The molecule has 3 rings (SSSR count). The number of thiol groups is 1. The van der Waals surface area contributed by atoms with Gasteiger partial charge in [0.15, 0.2) is 0 Å². The Morgan fingerprint density at radius 2 is 1.84 bits per heavy atom. The molecular formula is C23H28N4O4S. The lowest BCUT2D eigenvalue weighted by Crippen LogP contribution is -2.17. The lowest BCUT2D eigenvalue weighted by molar-refractivity contribution is 0.0977. The Morgan fingerprint density at radius 3 is 2.34 bits per heavy atom. The summed E-state index contributed by atoms with van der Waals surface area (Å²) < 4.78 is 10.6. The fourth-order valence-electron chi connectivity index (χ4n) is 2.52. The summed E-state index contributed by atoms with van der Waals surface area (Å²) in [5.74, 6) is -0.636. The van der Waals surface area contributed by atoms with E-state index in [1.807, 2.05) is 26.1 Å². The number of primary amides is 1. The number of fused-ring (bicyclic) bond motifs is 1. The number of hydrogen-bond donors (Lipinski definition) is 4. The van der Waals surface area contributed by atoms with Crippen molar-refractivity contribution in [1.82, 2.24) is 5.32 Å². The van der Waals surface area contributed by atoms with Crippen LogP contribution in [-0.2, 0) is 0 Å². The summed E-state index contributed by atoms with van der Waals surface area (Å²) in [5, 5.41) is 6.04. The van der Waals surface area contributed by atoms with Crippen molar-refractivity contribution in [1.29, 1.82) is 0 Å². The summed E-state index contributed by atoms with van der Waals surface area (Å²) in [4.78, 5) is 27.5. The molecule has 0 radical (unpaired) electrons. The fourth-order valence-corrected chi connectivity index (χ4v) is 2.52. The number of benzene rings is 2. The van der Waals surface area contributed by atoms with E-state index in [0.717, 1.165) is 5.56 Å². The molecule has 1 aromatic heterocycles. The van der Waals surface area contributed by atoms with E-state index >= 15 is 0 Å². The van der Waals surface area contributed by atoms with Crippen molar-refractivity contribution in [2.75, 3.05) is 25.7 Å². The number of hydrogen-bond acceptors (Lipinski definition) is 7. The number of nitrogens with two attached hydrogens (primary N) is 1. The molecular weight excluding hydrogens is 428 g/mol. The first-order chi connectivity index (χ1) is 15.4. The Labute approximate surface area is 192 Å². The van der Waals surface area contributed by atoms with Crippen molar-refractivity contribution in [3.8, 4) is 5.75 Å². The minimum absolute atomic E-state index is 0.0984. The molecule has 0 saturated heterocycles. The molecule has 0 aliphatic heterocycles. The Morgan fingerprint density at radius 1 is 1.19 bits per heavy atom. The number of aliphatic imine (C=N–C) groups is 1. The highest BCUT2D eigenvalue weighted by Crippen LogP contribution is 2.33. The van der Waals surface area contributed by atoms with Crippen LogP contribution >= 0.6 is 12.6 Å². The summed E-state index contributed by atoms with van der Waals surface area (Å²) in [7, 11) is 3.33. The normalized spacial score (nSPS) is 9.78. The van der Waals surface area contributed by atoms with Gasteiger partial charge in [-0.1, -0.05) is 17.7 Å². The molecule has 0 unspecified atom stereocenters. The highest BCUT2D eigenvalue weighted by molar-refractivity contribution is 7.79. The van der Waals surface area contributed by atoms with E-state index in [2.05, 4.69) is 35.0 Å². The minimum Gasteiger partial charge on any atom is -0.497 e. The highest BCUT2D eigenvalue weighted by Gasteiger charge is 2.21. The second-order valence-electron chi connectivity index (χ2n) is 6.14. The van der Waals surface area contributed by atoms with E-state index in [-0.39, 0.29) is 17.4 Å². The SMILES string of the molecule is C=N/C=C\NC.COc1ccc2c(NC(=O)c3ccc(C)cc3)c(C(N)=O)oc2c1.CS. The third-order valence-corrected chi connectivity index (χ3v) is 4.02. The molecule has 32 heavy (non-hydrogen) atoms. The van der Waals surface area contributed by atoms with Crippen molar-refractivity contribution in [3.05, 3.63) is 71.8 Å². The van der Waals surface area contributed by atoms with Gasteiger partial charge in [0.2, 0.25) is 5.76 Å². The number of anilines is 1. The smallest absolute Gasteiger partial charge is 0.286 e. The predicted octanol–water partition coefficient (Wildman–Crippen LogP) is 4.02. The number of ether oxygens (including phenoxy) is 1. The maximum absolute atomic E-state index is 12.4. The van der Waals surface area contributed by atoms with Crippen molar-refractivity contribution in [2.24, 2.45) is 10.7 Å². The maximum atomic E-state index is 12.4. The van der Waals surface area contributed by atoms with Crippen LogP contribution in [0.25, 0.3) is 11.0 Å². The number of rotatable bonds is 6. The molecule has 0 aliphatic rings. The van der Waals surface area contributed by atoms with Gasteiger partial charge in [0.1, 0.15) is 17.0 Å². The van der Waals surface area contributed by atoms with Gasteiger partial charge in [-0.15, -0.1) is 0 Å². The van der Waals surface area contributed by atoms with Crippen molar-refractivity contribution >= 4 is 47.8 Å². The first-order valence-corrected chi connectivity index (χ1v) is 10.3. The summed E-state index contributed by atoms with van der Waals surface area (Å²) in [6, 6.07) is 12.1. The molecule has 9 heteroatoms. The molecule has 0 aliphatic carbocycles. The standard InChI is InChI=1S/C18H16N2O4.C4H8N2.CH4S/c1-10-3-5-11(6-4-10)18(22)20-15-13-8-7-12(23-2)9-14(13)24-16(15)17(19)21;1-5-3-4-6-2;1-2/h3-9H,1-2H3,(H2,19,21)(H,20,22);3-4,6H,1H2,2H3;2H,1H3/b;4-3-;. The zero-order valence-corrected chi connectivity index (χ0v) is 19.4. The van der Waals surface area contributed by atoms with Gasteiger partial charge >= 0.3 is 0 Å². The van der Waals surface area contributed by atoms with Crippen LogP contribution in [-0.4, -0.2) is 38.9 Å². The number of furan rings is 1. The van der Waals surface area contributed by atoms with Crippen LogP contribution < -0.4 is 21.1 Å². The van der Waals surface area contributed by atoms with E-state index in [4.69, 9.17) is 14.9 Å². The summed E-state index contributed by atoms with van der Waals surface area (Å²) >= 11 is 3.53. The second kappa shape index (κ2) is 13.6. The number of carbonyl (C=O) groups is 2. The van der Waals surface area contributed by atoms with Gasteiger partial charge in [0, 0.05) is 36.5 Å². The Bertz CT molecular complexity index is 1080.